The zero-order valence-electron chi connectivity index (χ0n) is 9.44. The molecule has 1 N–H and O–H groups in total. The summed E-state index contributed by atoms with van der Waals surface area (Å²) in [5, 5.41) is 13.3. The fraction of sp³-hybridized carbons (Fsp3) is 0. The highest BCUT2D eigenvalue weighted by molar-refractivity contribution is 7.23. The van der Waals surface area contributed by atoms with Crippen molar-refractivity contribution in [1.29, 1.82) is 0 Å². The molecule has 4 rings (SSSR count). The molecule has 4 aromatic rings. The maximum absolute atomic E-state index is 12.5. The zero-order chi connectivity index (χ0) is 12.8. The molecule has 0 saturated carbocycles. The SMILES string of the molecule is O=c1c(-c2nnn[nH]2)cnc2sc3ccccc3n12. The third-order valence-electron chi connectivity index (χ3n) is 2.84. The number of thiazole rings is 1. The summed E-state index contributed by atoms with van der Waals surface area (Å²) in [5.74, 6) is 0.321. The first-order valence-corrected chi connectivity index (χ1v) is 6.29. The highest BCUT2D eigenvalue weighted by atomic mass is 32.1. The summed E-state index contributed by atoms with van der Waals surface area (Å²) in [7, 11) is 0. The number of benzene rings is 1. The van der Waals surface area contributed by atoms with Gasteiger partial charge < -0.3 is 0 Å². The molecule has 0 amide bonds. The van der Waals surface area contributed by atoms with Crippen LogP contribution in [0.4, 0.5) is 0 Å². The summed E-state index contributed by atoms with van der Waals surface area (Å²) in [6, 6.07) is 7.68. The lowest BCUT2D eigenvalue weighted by Gasteiger charge is -1.97. The molecule has 0 radical (unpaired) electrons. The third-order valence-corrected chi connectivity index (χ3v) is 3.87. The minimum Gasteiger partial charge on any atom is -0.268 e. The van der Waals surface area contributed by atoms with Crippen molar-refractivity contribution in [2.24, 2.45) is 0 Å². The Labute approximate surface area is 109 Å². The number of aromatic amines is 1. The van der Waals surface area contributed by atoms with Crippen LogP contribution in [0.5, 0.6) is 0 Å². The number of nitrogens with one attached hydrogen (secondary N) is 1. The van der Waals surface area contributed by atoms with Crippen molar-refractivity contribution in [1.82, 2.24) is 30.0 Å². The summed E-state index contributed by atoms with van der Waals surface area (Å²) in [6.07, 6.45) is 1.50. The summed E-state index contributed by atoms with van der Waals surface area (Å²) in [6.45, 7) is 0. The van der Waals surface area contributed by atoms with E-state index in [1.165, 1.54) is 17.5 Å². The molecule has 7 nitrogen and oxygen atoms in total. The van der Waals surface area contributed by atoms with Crippen molar-refractivity contribution >= 4 is 26.5 Å². The van der Waals surface area contributed by atoms with Gasteiger partial charge in [-0.3, -0.25) is 9.20 Å². The van der Waals surface area contributed by atoms with Crippen molar-refractivity contribution in [3.05, 3.63) is 40.8 Å². The van der Waals surface area contributed by atoms with Gasteiger partial charge in [-0.1, -0.05) is 23.5 Å². The first-order chi connectivity index (χ1) is 9.34. The van der Waals surface area contributed by atoms with E-state index >= 15 is 0 Å². The maximum atomic E-state index is 12.5. The molecular formula is C11H6N6OS. The molecule has 1 aromatic carbocycles. The van der Waals surface area contributed by atoms with E-state index in [0.29, 0.717) is 16.3 Å². The van der Waals surface area contributed by atoms with Crippen LogP contribution in [-0.4, -0.2) is 30.0 Å². The van der Waals surface area contributed by atoms with E-state index in [1.807, 2.05) is 24.3 Å². The molecule has 0 unspecified atom stereocenters. The topological polar surface area (TPSA) is 88.8 Å². The Hall–Kier alpha value is -2.61. The van der Waals surface area contributed by atoms with Gasteiger partial charge in [0.25, 0.3) is 5.56 Å². The van der Waals surface area contributed by atoms with Gasteiger partial charge in [0.1, 0.15) is 5.56 Å². The second kappa shape index (κ2) is 3.69. The fourth-order valence-corrected chi connectivity index (χ4v) is 2.97. The minimum absolute atomic E-state index is 0.180. The van der Waals surface area contributed by atoms with Gasteiger partial charge in [0.2, 0.25) is 0 Å². The molecule has 0 aliphatic rings. The number of hydrogen-bond acceptors (Lipinski definition) is 6. The standard InChI is InChI=1S/C11H6N6OS/c18-10-6(9-13-15-16-14-9)5-12-11-17(10)7-3-1-2-4-8(7)19-11/h1-5H,(H,13,14,15,16). The Kier molecular flexibility index (Phi) is 2.00. The maximum Gasteiger partial charge on any atom is 0.270 e. The highest BCUT2D eigenvalue weighted by Crippen LogP contribution is 2.24. The Morgan fingerprint density at radius 1 is 1.26 bits per heavy atom. The second-order valence-corrected chi connectivity index (χ2v) is 4.92. The van der Waals surface area contributed by atoms with Crippen LogP contribution >= 0.6 is 11.3 Å². The third kappa shape index (κ3) is 1.40. The number of para-hydroxylation sites is 1. The van der Waals surface area contributed by atoms with Gasteiger partial charge in [-0.25, -0.2) is 10.1 Å². The summed E-state index contributed by atoms with van der Waals surface area (Å²) in [5.41, 5.74) is 1.02. The number of fused-ring (bicyclic) bond motifs is 3. The van der Waals surface area contributed by atoms with E-state index < -0.39 is 0 Å². The molecule has 3 aromatic heterocycles. The second-order valence-electron chi connectivity index (χ2n) is 3.91. The van der Waals surface area contributed by atoms with Crippen LogP contribution in [0, 0.1) is 0 Å². The molecule has 3 heterocycles. The quantitative estimate of drug-likeness (QED) is 0.559. The van der Waals surface area contributed by atoms with Crippen LogP contribution in [0.2, 0.25) is 0 Å². The van der Waals surface area contributed by atoms with Crippen molar-refractivity contribution in [3.63, 3.8) is 0 Å². The van der Waals surface area contributed by atoms with Crippen LogP contribution in [0.25, 0.3) is 26.6 Å². The normalized spacial score (nSPS) is 11.4. The minimum atomic E-state index is -0.180. The predicted octanol–water partition coefficient (Wildman–Crippen LogP) is 1.09. The van der Waals surface area contributed by atoms with Crippen molar-refractivity contribution in [2.45, 2.75) is 0 Å². The molecule has 0 fully saturated rings. The average molecular weight is 270 g/mol. The first-order valence-electron chi connectivity index (χ1n) is 5.48. The van der Waals surface area contributed by atoms with E-state index in [9.17, 15) is 4.79 Å². The first kappa shape index (κ1) is 10.3. The van der Waals surface area contributed by atoms with Crippen LogP contribution < -0.4 is 5.56 Å². The van der Waals surface area contributed by atoms with Crippen LogP contribution in [-0.2, 0) is 0 Å². The molecule has 0 spiro atoms. The molecule has 0 bridgehead atoms. The summed E-state index contributed by atoms with van der Waals surface area (Å²) in [4.78, 5) is 17.5. The van der Waals surface area contributed by atoms with Gasteiger partial charge in [0.05, 0.1) is 10.2 Å². The lowest BCUT2D eigenvalue weighted by Crippen LogP contribution is -2.15. The van der Waals surface area contributed by atoms with Crippen LogP contribution in [0.15, 0.2) is 35.3 Å². The number of nitrogens with zero attached hydrogens (tertiary/aromatic N) is 5. The molecule has 8 heteroatoms. The van der Waals surface area contributed by atoms with Crippen molar-refractivity contribution < 1.29 is 0 Å². The van der Waals surface area contributed by atoms with E-state index in [0.717, 1.165) is 10.2 Å². The smallest absolute Gasteiger partial charge is 0.268 e. The van der Waals surface area contributed by atoms with Gasteiger partial charge in [0.15, 0.2) is 10.8 Å². The van der Waals surface area contributed by atoms with E-state index in [2.05, 4.69) is 25.6 Å². The monoisotopic (exact) mass is 270 g/mol. The lowest BCUT2D eigenvalue weighted by atomic mass is 10.3. The van der Waals surface area contributed by atoms with E-state index in [1.54, 1.807) is 4.40 Å². The van der Waals surface area contributed by atoms with Gasteiger partial charge >= 0.3 is 0 Å². The van der Waals surface area contributed by atoms with Gasteiger partial charge in [-0.05, 0) is 22.6 Å². The number of H-pyrrole nitrogens is 1. The van der Waals surface area contributed by atoms with Gasteiger partial charge in [-0.15, -0.1) is 5.10 Å². The molecule has 0 saturated heterocycles. The zero-order valence-corrected chi connectivity index (χ0v) is 10.3. The Bertz CT molecular complexity index is 939. The largest absolute Gasteiger partial charge is 0.270 e. The van der Waals surface area contributed by atoms with Crippen molar-refractivity contribution in [2.75, 3.05) is 0 Å². The average Bonchev–Trinajstić information content (AvgIpc) is 3.05. The molecule has 0 aliphatic heterocycles. The Balaban J connectivity index is 2.18. The molecule has 92 valence electrons. The van der Waals surface area contributed by atoms with Gasteiger partial charge in [0, 0.05) is 6.20 Å². The Morgan fingerprint density at radius 2 is 2.16 bits per heavy atom. The number of aromatic nitrogens is 6. The highest BCUT2D eigenvalue weighted by Gasteiger charge is 2.13. The Morgan fingerprint density at radius 3 is 3.00 bits per heavy atom. The fourth-order valence-electron chi connectivity index (χ4n) is 1.99. The number of rotatable bonds is 1. The van der Waals surface area contributed by atoms with Crippen LogP contribution in [0.3, 0.4) is 0 Å². The van der Waals surface area contributed by atoms with Gasteiger partial charge in [-0.2, -0.15) is 0 Å². The summed E-state index contributed by atoms with van der Waals surface area (Å²) < 4.78 is 2.60. The molecule has 0 aliphatic carbocycles. The predicted molar refractivity (Wildman–Crippen MR) is 70.0 cm³/mol. The molecular weight excluding hydrogens is 264 g/mol. The van der Waals surface area contributed by atoms with Crippen molar-refractivity contribution in [3.8, 4) is 11.4 Å². The number of tetrazole rings is 1. The van der Waals surface area contributed by atoms with Crippen LogP contribution in [0.1, 0.15) is 0 Å². The van der Waals surface area contributed by atoms with E-state index in [4.69, 9.17) is 0 Å². The summed E-state index contributed by atoms with van der Waals surface area (Å²) >= 11 is 1.47. The lowest BCUT2D eigenvalue weighted by molar-refractivity contribution is 0.881. The number of hydrogen-bond donors (Lipinski definition) is 1. The van der Waals surface area contributed by atoms with E-state index in [-0.39, 0.29) is 5.56 Å². The molecule has 0 atom stereocenters. The molecule has 19 heavy (non-hydrogen) atoms.